The number of amides is 1. The second-order valence-electron chi connectivity index (χ2n) is 4.87. The van der Waals surface area contributed by atoms with Crippen LogP contribution in [0.15, 0.2) is 46.9 Å². The molecule has 1 amide bonds. The number of fused-ring (bicyclic) bond motifs is 1. The van der Waals surface area contributed by atoms with Gasteiger partial charge in [-0.3, -0.25) is 4.79 Å². The molecule has 4 heteroatoms. The van der Waals surface area contributed by atoms with E-state index in [-0.39, 0.29) is 11.7 Å². The summed E-state index contributed by atoms with van der Waals surface area (Å²) < 4.78 is 13.9. The Balaban J connectivity index is 1.78. The first-order valence-electron chi connectivity index (χ1n) is 6.47. The Hall–Kier alpha value is -1.68. The Kier molecular flexibility index (Phi) is 3.57. The lowest BCUT2D eigenvalue weighted by atomic mass is 10.1. The van der Waals surface area contributed by atoms with Gasteiger partial charge < -0.3 is 4.90 Å². The number of anilines is 1. The molecule has 0 atom stereocenters. The van der Waals surface area contributed by atoms with Crippen LogP contribution in [0.2, 0.25) is 0 Å². The molecule has 0 N–H and O–H groups in total. The monoisotopic (exact) mass is 333 g/mol. The molecule has 0 aromatic heterocycles. The third-order valence-corrected chi connectivity index (χ3v) is 4.00. The molecular weight excluding hydrogens is 321 g/mol. The number of benzene rings is 2. The fraction of sp³-hybridized carbons (Fsp3) is 0.188. The normalized spacial score (nSPS) is 13.4. The molecule has 0 radical (unpaired) electrons. The molecule has 0 bridgehead atoms. The summed E-state index contributed by atoms with van der Waals surface area (Å²) >= 11 is 3.44. The van der Waals surface area contributed by atoms with E-state index in [0.717, 1.165) is 22.1 Å². The number of rotatable bonds is 2. The van der Waals surface area contributed by atoms with Gasteiger partial charge in [-0.25, -0.2) is 4.39 Å². The number of carbonyl (C=O) groups is 1. The van der Waals surface area contributed by atoms with Crippen molar-refractivity contribution < 1.29 is 9.18 Å². The van der Waals surface area contributed by atoms with Crippen LogP contribution < -0.4 is 4.90 Å². The molecule has 1 heterocycles. The van der Waals surface area contributed by atoms with Crippen LogP contribution in [0.3, 0.4) is 0 Å². The van der Waals surface area contributed by atoms with Gasteiger partial charge in [0.15, 0.2) is 0 Å². The summed E-state index contributed by atoms with van der Waals surface area (Å²) in [4.78, 5) is 14.2. The van der Waals surface area contributed by atoms with Crippen molar-refractivity contribution in [1.82, 2.24) is 0 Å². The third kappa shape index (κ3) is 2.61. The molecule has 20 heavy (non-hydrogen) atoms. The SMILES string of the molecule is O=C(Cc1ccc(F)cc1)N1CCc2cc(Br)ccc21. The molecule has 3 rings (SSSR count). The van der Waals surface area contributed by atoms with E-state index in [2.05, 4.69) is 22.0 Å². The largest absolute Gasteiger partial charge is 0.312 e. The molecular formula is C16H13BrFNO. The molecule has 0 aliphatic carbocycles. The highest BCUT2D eigenvalue weighted by Gasteiger charge is 2.24. The highest BCUT2D eigenvalue weighted by molar-refractivity contribution is 9.10. The van der Waals surface area contributed by atoms with Crippen molar-refractivity contribution >= 4 is 27.5 Å². The van der Waals surface area contributed by atoms with Crippen LogP contribution in [0, 0.1) is 5.82 Å². The van der Waals surface area contributed by atoms with Crippen LogP contribution in [-0.2, 0) is 17.6 Å². The lowest BCUT2D eigenvalue weighted by Crippen LogP contribution is -2.30. The van der Waals surface area contributed by atoms with Crippen molar-refractivity contribution in [2.45, 2.75) is 12.8 Å². The molecule has 0 unspecified atom stereocenters. The maximum Gasteiger partial charge on any atom is 0.231 e. The lowest BCUT2D eigenvalue weighted by molar-refractivity contribution is -0.117. The zero-order valence-corrected chi connectivity index (χ0v) is 12.4. The van der Waals surface area contributed by atoms with Gasteiger partial charge in [0.05, 0.1) is 6.42 Å². The fourth-order valence-corrected chi connectivity index (χ4v) is 2.91. The van der Waals surface area contributed by atoms with Crippen LogP contribution >= 0.6 is 15.9 Å². The Morgan fingerprint density at radius 1 is 1.20 bits per heavy atom. The van der Waals surface area contributed by atoms with Crippen LogP contribution in [0.1, 0.15) is 11.1 Å². The number of carbonyl (C=O) groups excluding carboxylic acids is 1. The Labute approximate surface area is 125 Å². The Morgan fingerprint density at radius 2 is 1.95 bits per heavy atom. The van der Waals surface area contributed by atoms with Gasteiger partial charge in [0.25, 0.3) is 0 Å². The standard InChI is InChI=1S/C16H13BrFNO/c17-13-3-6-15-12(10-13)7-8-19(15)16(20)9-11-1-4-14(18)5-2-11/h1-6,10H,7-9H2. The summed E-state index contributed by atoms with van der Waals surface area (Å²) in [5.41, 5.74) is 3.01. The van der Waals surface area contributed by atoms with Crippen molar-refractivity contribution in [1.29, 1.82) is 0 Å². The highest BCUT2D eigenvalue weighted by atomic mass is 79.9. The van der Waals surface area contributed by atoms with Crippen LogP contribution in [0.5, 0.6) is 0 Å². The van der Waals surface area contributed by atoms with Crippen LogP contribution in [-0.4, -0.2) is 12.5 Å². The van der Waals surface area contributed by atoms with E-state index < -0.39 is 0 Å². The maximum absolute atomic E-state index is 12.9. The van der Waals surface area contributed by atoms with E-state index >= 15 is 0 Å². The number of hydrogen-bond acceptors (Lipinski definition) is 1. The smallest absolute Gasteiger partial charge is 0.231 e. The second-order valence-corrected chi connectivity index (χ2v) is 5.79. The van der Waals surface area contributed by atoms with Gasteiger partial charge in [0.1, 0.15) is 5.82 Å². The van der Waals surface area contributed by atoms with E-state index in [9.17, 15) is 9.18 Å². The van der Waals surface area contributed by atoms with Crippen molar-refractivity contribution in [3.63, 3.8) is 0 Å². The van der Waals surface area contributed by atoms with E-state index in [1.54, 1.807) is 12.1 Å². The Morgan fingerprint density at radius 3 is 2.70 bits per heavy atom. The molecule has 1 aliphatic rings. The average molecular weight is 334 g/mol. The molecule has 0 saturated heterocycles. The first-order valence-corrected chi connectivity index (χ1v) is 7.26. The van der Waals surface area contributed by atoms with Gasteiger partial charge in [-0.2, -0.15) is 0 Å². The van der Waals surface area contributed by atoms with Gasteiger partial charge >= 0.3 is 0 Å². The summed E-state index contributed by atoms with van der Waals surface area (Å²) in [5.74, 6) is -0.227. The summed E-state index contributed by atoms with van der Waals surface area (Å²) in [6.07, 6.45) is 1.18. The zero-order valence-electron chi connectivity index (χ0n) is 10.8. The first kappa shape index (κ1) is 13.3. The summed E-state index contributed by atoms with van der Waals surface area (Å²) in [6.45, 7) is 0.714. The van der Waals surface area contributed by atoms with Crippen molar-refractivity contribution in [3.05, 3.63) is 63.9 Å². The van der Waals surface area contributed by atoms with Crippen molar-refractivity contribution in [2.24, 2.45) is 0 Å². The molecule has 0 spiro atoms. The molecule has 1 aliphatic heterocycles. The molecule has 102 valence electrons. The van der Waals surface area contributed by atoms with E-state index in [0.29, 0.717) is 13.0 Å². The van der Waals surface area contributed by atoms with Gasteiger partial charge in [0, 0.05) is 16.7 Å². The Bertz CT molecular complexity index is 654. The minimum atomic E-state index is -0.280. The molecule has 0 fully saturated rings. The van der Waals surface area contributed by atoms with Gasteiger partial charge in [0.2, 0.25) is 5.91 Å². The quantitative estimate of drug-likeness (QED) is 0.820. The third-order valence-electron chi connectivity index (χ3n) is 3.51. The molecule has 2 aromatic rings. The zero-order chi connectivity index (χ0) is 14.1. The van der Waals surface area contributed by atoms with Crippen molar-refractivity contribution in [3.8, 4) is 0 Å². The van der Waals surface area contributed by atoms with E-state index in [4.69, 9.17) is 0 Å². The molecule has 2 nitrogen and oxygen atoms in total. The first-order chi connectivity index (χ1) is 9.63. The number of hydrogen-bond donors (Lipinski definition) is 0. The maximum atomic E-state index is 12.9. The van der Waals surface area contributed by atoms with E-state index in [1.165, 1.54) is 17.7 Å². The summed E-state index contributed by atoms with van der Waals surface area (Å²) in [7, 11) is 0. The number of halogens is 2. The minimum absolute atomic E-state index is 0.0534. The van der Waals surface area contributed by atoms with Gasteiger partial charge in [-0.15, -0.1) is 0 Å². The second kappa shape index (κ2) is 5.37. The van der Waals surface area contributed by atoms with Crippen molar-refractivity contribution in [2.75, 3.05) is 11.4 Å². The fourth-order valence-electron chi connectivity index (χ4n) is 2.50. The molecule has 0 saturated carbocycles. The lowest BCUT2D eigenvalue weighted by Gasteiger charge is -2.17. The predicted molar refractivity (Wildman–Crippen MR) is 80.3 cm³/mol. The van der Waals surface area contributed by atoms with Crippen LogP contribution in [0.4, 0.5) is 10.1 Å². The topological polar surface area (TPSA) is 20.3 Å². The minimum Gasteiger partial charge on any atom is -0.312 e. The average Bonchev–Trinajstić information content (AvgIpc) is 2.84. The van der Waals surface area contributed by atoms with Gasteiger partial charge in [-0.05, 0) is 47.9 Å². The molecule has 2 aromatic carbocycles. The van der Waals surface area contributed by atoms with Crippen LogP contribution in [0.25, 0.3) is 0 Å². The summed E-state index contributed by atoms with van der Waals surface area (Å²) in [6, 6.07) is 12.1. The summed E-state index contributed by atoms with van der Waals surface area (Å²) in [5, 5.41) is 0. The highest BCUT2D eigenvalue weighted by Crippen LogP contribution is 2.30. The van der Waals surface area contributed by atoms with Gasteiger partial charge in [-0.1, -0.05) is 28.1 Å². The van der Waals surface area contributed by atoms with E-state index in [1.807, 2.05) is 17.0 Å². The predicted octanol–water partition coefficient (Wildman–Crippen LogP) is 3.72. The number of nitrogens with zero attached hydrogens (tertiary/aromatic N) is 1.